The molecule has 10 atom stereocenters. The number of aliphatic hydroxyl groups is 3. The summed E-state index contributed by atoms with van der Waals surface area (Å²) in [5.41, 5.74) is -0.512. The van der Waals surface area contributed by atoms with Gasteiger partial charge in [0.2, 0.25) is 0 Å². The number of carbonyl (C=O) groups excluding carboxylic acids is 2. The van der Waals surface area contributed by atoms with Gasteiger partial charge in [-0.3, -0.25) is 19.6 Å². The van der Waals surface area contributed by atoms with Crippen molar-refractivity contribution in [2.24, 2.45) is 33.7 Å². The minimum Gasteiger partial charge on any atom is -0.507 e. The summed E-state index contributed by atoms with van der Waals surface area (Å²) in [5.74, 6) is -6.18. The average Bonchev–Trinajstić information content (AvgIpc) is 3.70. The highest BCUT2D eigenvalue weighted by molar-refractivity contribution is 6.19. The second kappa shape index (κ2) is 16.4. The van der Waals surface area contributed by atoms with Crippen LogP contribution in [0.4, 0.5) is 5.69 Å². The van der Waals surface area contributed by atoms with E-state index in [1.807, 2.05) is 0 Å². The average molecular weight is 805 g/mol. The first-order valence-electron chi connectivity index (χ1n) is 20.4. The fourth-order valence-electron chi connectivity index (χ4n) is 8.78. The number of ketones is 1. The third-order valence-electron chi connectivity index (χ3n) is 13.2. The van der Waals surface area contributed by atoms with Crippen LogP contribution in [0.15, 0.2) is 46.1 Å². The largest absolute Gasteiger partial charge is 0.507 e. The summed E-state index contributed by atoms with van der Waals surface area (Å²) >= 11 is 0. The maximum atomic E-state index is 14.6. The molecule has 1 fully saturated rings. The SMILES string of the molecule is CCC(C)N1CCC2(CC1)N=c1c3c(O)c4c(O)c(C)c5c(c4c1=N2)C(=O)[C@](C)(O/C=C/[C@H](OC)[C@H](C)[C@H](O)[C@@H](C)C(O)[C@@H](C)[C@H](O)[C@H](C)/C=C/C=C(\C)C(=O)N3)O5. The van der Waals surface area contributed by atoms with E-state index in [9.17, 15) is 35.1 Å². The predicted octanol–water partition coefficient (Wildman–Crippen LogP) is 4.32. The van der Waals surface area contributed by atoms with Crippen molar-refractivity contribution in [3.8, 4) is 17.2 Å². The van der Waals surface area contributed by atoms with Crippen molar-refractivity contribution in [3.63, 3.8) is 0 Å². The molecule has 0 aromatic heterocycles. The van der Waals surface area contributed by atoms with Crippen LogP contribution in [0.5, 0.6) is 17.2 Å². The predicted molar refractivity (Wildman–Crippen MR) is 218 cm³/mol. The van der Waals surface area contributed by atoms with Crippen molar-refractivity contribution in [1.29, 1.82) is 0 Å². The molecule has 316 valence electrons. The van der Waals surface area contributed by atoms with Crippen LogP contribution in [0.25, 0.3) is 10.8 Å². The standard InChI is InChI=1S/C44H60N4O10/c1-11-23(4)48-18-16-44(17-19-48)46-32-29-30-38(52)27(8)40-31(29)41(54)43(9,58-40)57-20-15-28(56-10)24(5)36(50)26(7)37(51)25(6)35(49)21(2)13-12-14-22(3)42(55)45-34(39(30)53)33(32)47-44/h12-15,20-21,23-26,28,35-37,49-53H,11,16-19H2,1-10H3,(H,45,55)/b13-12+,20-15+,22-14+/t21-,23?,24+,25+,26-,28+,35-,36+,37?,43-/m1/s1. The lowest BCUT2D eigenvalue weighted by Crippen LogP contribution is -2.45. The van der Waals surface area contributed by atoms with Gasteiger partial charge < -0.3 is 50.0 Å². The highest BCUT2D eigenvalue weighted by Gasteiger charge is 2.50. The molecule has 6 rings (SSSR count). The number of anilines is 1. The first kappa shape index (κ1) is 43.2. The lowest BCUT2D eigenvalue weighted by atomic mass is 9.78. The summed E-state index contributed by atoms with van der Waals surface area (Å²) in [7, 11) is 1.47. The molecule has 1 saturated heterocycles. The molecule has 4 heterocycles. The van der Waals surface area contributed by atoms with Crippen molar-refractivity contribution in [2.45, 2.75) is 123 Å². The number of ether oxygens (including phenoxy) is 3. The number of nitrogens with one attached hydrogen (secondary N) is 1. The molecule has 6 N–H and O–H groups in total. The number of hydrogen-bond acceptors (Lipinski definition) is 13. The van der Waals surface area contributed by atoms with Gasteiger partial charge in [-0.1, -0.05) is 52.8 Å². The Hall–Kier alpha value is -4.34. The minimum atomic E-state index is -1.93. The lowest BCUT2D eigenvalue weighted by Gasteiger charge is -2.38. The number of phenolic OH excluding ortho intramolecular Hbond substituents is 2. The van der Waals surface area contributed by atoms with Gasteiger partial charge in [0.15, 0.2) is 11.4 Å². The van der Waals surface area contributed by atoms with E-state index in [-0.39, 0.29) is 55.4 Å². The van der Waals surface area contributed by atoms with Crippen molar-refractivity contribution >= 4 is 28.2 Å². The van der Waals surface area contributed by atoms with Crippen molar-refractivity contribution in [1.82, 2.24) is 4.90 Å². The van der Waals surface area contributed by atoms with Crippen LogP contribution in [0.1, 0.15) is 90.6 Å². The molecule has 14 nitrogen and oxygen atoms in total. The molecule has 0 aliphatic carbocycles. The smallest absolute Gasteiger partial charge is 0.312 e. The summed E-state index contributed by atoms with van der Waals surface area (Å²) in [6, 6.07) is 0.360. The molecule has 1 amide bonds. The van der Waals surface area contributed by atoms with E-state index < -0.39 is 77.0 Å². The number of allylic oxidation sites excluding steroid dienone is 2. The van der Waals surface area contributed by atoms with E-state index in [0.717, 1.165) is 6.42 Å². The van der Waals surface area contributed by atoms with Crippen molar-refractivity contribution in [3.05, 3.63) is 58.0 Å². The van der Waals surface area contributed by atoms with Crippen LogP contribution < -0.4 is 20.8 Å². The summed E-state index contributed by atoms with van der Waals surface area (Å²) < 4.78 is 18.0. The number of amides is 1. The number of piperidine rings is 1. The number of carbonyl (C=O) groups is 2. The molecule has 1 spiro atoms. The van der Waals surface area contributed by atoms with Gasteiger partial charge in [0.25, 0.3) is 11.7 Å². The number of nitrogens with zero attached hydrogens (tertiary/aromatic N) is 3. The number of rotatable bonds is 3. The summed E-state index contributed by atoms with van der Waals surface area (Å²) in [4.78, 5) is 41.1. The number of benzene rings is 2. The topological polar surface area (TPSA) is 203 Å². The number of aromatic hydroxyl groups is 2. The Morgan fingerprint density at radius 1 is 0.931 bits per heavy atom. The molecule has 14 heteroatoms. The van der Waals surface area contributed by atoms with Gasteiger partial charge >= 0.3 is 5.79 Å². The first-order valence-corrected chi connectivity index (χ1v) is 20.4. The van der Waals surface area contributed by atoms with E-state index in [1.54, 1.807) is 65.8 Å². The summed E-state index contributed by atoms with van der Waals surface area (Å²) in [5, 5.41) is 61.1. The molecular weight excluding hydrogens is 745 g/mol. The summed E-state index contributed by atoms with van der Waals surface area (Å²) in [6.45, 7) is 17.3. The Balaban J connectivity index is 1.54. The van der Waals surface area contributed by atoms with Crippen LogP contribution in [0, 0.1) is 30.6 Å². The first-order chi connectivity index (χ1) is 27.3. The highest BCUT2D eigenvalue weighted by atomic mass is 16.7. The molecule has 4 aliphatic heterocycles. The second-order valence-corrected chi connectivity index (χ2v) is 17.0. The Morgan fingerprint density at radius 2 is 1.55 bits per heavy atom. The molecule has 4 aliphatic rings. The Labute approximate surface area is 339 Å². The lowest BCUT2D eigenvalue weighted by molar-refractivity contribution is -0.112. The van der Waals surface area contributed by atoms with Gasteiger partial charge in [-0.2, -0.15) is 0 Å². The van der Waals surface area contributed by atoms with Gasteiger partial charge in [0.05, 0.1) is 47.0 Å². The van der Waals surface area contributed by atoms with Crippen LogP contribution in [-0.2, 0) is 14.3 Å². The molecule has 4 bridgehead atoms. The highest BCUT2D eigenvalue weighted by Crippen LogP contribution is 2.50. The van der Waals surface area contributed by atoms with Crippen LogP contribution in [0.2, 0.25) is 0 Å². The maximum absolute atomic E-state index is 14.6. The fraction of sp³-hybridized carbons (Fsp3) is 0.591. The zero-order valence-electron chi connectivity index (χ0n) is 35.2. The van der Waals surface area contributed by atoms with E-state index in [4.69, 9.17) is 24.2 Å². The number of hydrogen-bond donors (Lipinski definition) is 6. The molecule has 2 aromatic rings. The van der Waals surface area contributed by atoms with E-state index in [2.05, 4.69) is 24.1 Å². The number of aliphatic hydroxyl groups excluding tert-OH is 3. The molecule has 0 radical (unpaired) electrons. The molecule has 2 aromatic carbocycles. The monoisotopic (exact) mass is 804 g/mol. The Bertz CT molecular complexity index is 2180. The van der Waals surface area contributed by atoms with Gasteiger partial charge in [-0.25, -0.2) is 0 Å². The second-order valence-electron chi connectivity index (χ2n) is 17.0. The quantitative estimate of drug-likeness (QED) is 0.241. The molecule has 0 saturated carbocycles. The number of fused-ring (bicyclic) bond motifs is 1. The number of methoxy groups -OCH3 is 1. The Morgan fingerprint density at radius 3 is 2.19 bits per heavy atom. The van der Waals surface area contributed by atoms with E-state index in [1.165, 1.54) is 20.3 Å². The van der Waals surface area contributed by atoms with Crippen molar-refractivity contribution in [2.75, 3.05) is 25.5 Å². The third-order valence-corrected chi connectivity index (χ3v) is 13.2. The normalized spacial score (nSPS) is 34.3. The van der Waals surface area contributed by atoms with E-state index >= 15 is 0 Å². The van der Waals surface area contributed by atoms with Gasteiger partial charge in [0.1, 0.15) is 22.5 Å². The molecule has 2 unspecified atom stereocenters. The van der Waals surface area contributed by atoms with Crippen LogP contribution in [0.3, 0.4) is 0 Å². The number of likely N-dealkylation sites (tertiary alicyclic amines) is 1. The molecular formula is C44H60N4O10. The third kappa shape index (κ3) is 7.42. The van der Waals surface area contributed by atoms with Crippen LogP contribution in [-0.4, -0.2) is 104 Å². The van der Waals surface area contributed by atoms with Gasteiger partial charge in [-0.05, 0) is 33.3 Å². The number of Topliss-reactive ketones (excluding diaryl/α,β-unsaturated/α-hetero) is 1. The fourth-order valence-corrected chi connectivity index (χ4v) is 8.78. The molecule has 58 heavy (non-hydrogen) atoms. The van der Waals surface area contributed by atoms with E-state index in [0.29, 0.717) is 32.0 Å². The maximum Gasteiger partial charge on any atom is 0.312 e. The zero-order valence-corrected chi connectivity index (χ0v) is 35.2. The minimum absolute atomic E-state index is 0.0470. The zero-order chi connectivity index (χ0) is 42.6. The summed E-state index contributed by atoms with van der Waals surface area (Å²) in [6.07, 6.45) is 5.96. The Kier molecular flexibility index (Phi) is 12.2. The van der Waals surface area contributed by atoms with Gasteiger partial charge in [-0.15, -0.1) is 0 Å². The van der Waals surface area contributed by atoms with Gasteiger partial charge in [0, 0.05) is 86.2 Å². The van der Waals surface area contributed by atoms with Crippen LogP contribution >= 0.6 is 0 Å². The number of phenols is 2. The van der Waals surface area contributed by atoms with Crippen molar-refractivity contribution < 1.29 is 49.3 Å².